The monoisotopic (exact) mass is 619 g/mol. The van der Waals surface area contributed by atoms with Crippen LogP contribution in [0.15, 0.2) is 48.8 Å². The average Bonchev–Trinajstić information content (AvgIpc) is 3.59. The number of aromatic nitrogens is 2. The van der Waals surface area contributed by atoms with Crippen LogP contribution in [0.2, 0.25) is 0 Å². The molecule has 3 heterocycles. The molecule has 2 unspecified atom stereocenters. The third kappa shape index (κ3) is 6.42. The molecule has 5 rings (SSSR count). The molecule has 0 radical (unpaired) electrons. The van der Waals surface area contributed by atoms with Crippen LogP contribution >= 0.6 is 0 Å². The van der Waals surface area contributed by atoms with Gasteiger partial charge in [0.05, 0.1) is 30.0 Å². The molecule has 2 atom stereocenters. The second-order valence-electron chi connectivity index (χ2n) is 11.5. The van der Waals surface area contributed by atoms with Gasteiger partial charge >= 0.3 is 12.1 Å². The highest BCUT2D eigenvalue weighted by atomic mass is 19.4. The summed E-state index contributed by atoms with van der Waals surface area (Å²) in [5.74, 6) is -2.90. The van der Waals surface area contributed by atoms with Crippen LogP contribution in [0.3, 0.4) is 0 Å². The Balaban J connectivity index is 1.37. The van der Waals surface area contributed by atoms with Gasteiger partial charge in [-0.15, -0.1) is 0 Å². The maximum absolute atomic E-state index is 14.7. The highest BCUT2D eigenvalue weighted by Crippen LogP contribution is 2.41. The molecule has 2 aromatic carbocycles. The fourth-order valence-electron chi connectivity index (χ4n) is 6.07. The number of carbonyl (C=O) groups excluding carboxylic acids is 2. The summed E-state index contributed by atoms with van der Waals surface area (Å²) in [5, 5.41) is 5.94. The molecule has 0 bridgehead atoms. The first-order chi connectivity index (χ1) is 20.9. The molecular weight excluding hydrogens is 585 g/mol. The van der Waals surface area contributed by atoms with Crippen molar-refractivity contribution in [2.45, 2.75) is 45.3 Å². The van der Waals surface area contributed by atoms with E-state index in [9.17, 15) is 31.5 Å². The smallest absolute Gasteiger partial charge is 0.416 e. The molecule has 2 aliphatic heterocycles. The predicted octanol–water partition coefficient (Wildman–Crippen LogP) is 5.34. The predicted molar refractivity (Wildman–Crippen MR) is 153 cm³/mol. The Morgan fingerprint density at radius 2 is 1.89 bits per heavy atom. The normalized spacial score (nSPS) is 21.0. The molecule has 13 heteroatoms. The maximum atomic E-state index is 14.7. The van der Waals surface area contributed by atoms with E-state index in [0.29, 0.717) is 43.7 Å². The fraction of sp³-hybridized carbons (Fsp3) is 0.452. The molecule has 236 valence electrons. The Morgan fingerprint density at radius 1 is 1.14 bits per heavy atom. The van der Waals surface area contributed by atoms with E-state index in [-0.39, 0.29) is 43.1 Å². The van der Waals surface area contributed by atoms with E-state index in [1.807, 2.05) is 4.90 Å². The molecule has 3 aromatic rings. The number of esters is 1. The van der Waals surface area contributed by atoms with Gasteiger partial charge in [-0.2, -0.15) is 13.2 Å². The number of benzene rings is 2. The number of hydrogen-bond acceptors (Lipinski definition) is 6. The third-order valence-corrected chi connectivity index (χ3v) is 8.62. The van der Waals surface area contributed by atoms with Gasteiger partial charge in [0, 0.05) is 56.2 Å². The number of piperidine rings is 1. The van der Waals surface area contributed by atoms with Crippen molar-refractivity contribution < 1.29 is 36.3 Å². The zero-order valence-electron chi connectivity index (χ0n) is 24.4. The van der Waals surface area contributed by atoms with E-state index in [0.717, 1.165) is 24.3 Å². The number of nitrogens with zero attached hydrogens (tertiary/aromatic N) is 3. The second-order valence-corrected chi connectivity index (χ2v) is 11.5. The quantitative estimate of drug-likeness (QED) is 0.262. The van der Waals surface area contributed by atoms with Crippen LogP contribution in [0.1, 0.15) is 49.3 Å². The van der Waals surface area contributed by atoms with Crippen LogP contribution in [0.4, 0.5) is 33.6 Å². The summed E-state index contributed by atoms with van der Waals surface area (Å²) in [6.07, 6.45) is -0.574. The minimum absolute atomic E-state index is 0.103. The molecule has 2 aliphatic rings. The van der Waals surface area contributed by atoms with Crippen molar-refractivity contribution in [3.8, 4) is 0 Å². The van der Waals surface area contributed by atoms with Gasteiger partial charge in [0.2, 0.25) is 11.9 Å². The molecule has 0 aliphatic carbocycles. The van der Waals surface area contributed by atoms with Gasteiger partial charge < -0.3 is 19.5 Å². The van der Waals surface area contributed by atoms with E-state index in [1.165, 1.54) is 18.3 Å². The van der Waals surface area contributed by atoms with Crippen molar-refractivity contribution in [3.05, 3.63) is 77.1 Å². The van der Waals surface area contributed by atoms with Gasteiger partial charge in [0.15, 0.2) is 0 Å². The molecule has 8 nitrogen and oxygen atoms in total. The van der Waals surface area contributed by atoms with E-state index in [1.54, 1.807) is 24.6 Å². The Morgan fingerprint density at radius 3 is 2.57 bits per heavy atom. The molecular formula is C31H34F5N5O3. The van der Waals surface area contributed by atoms with E-state index in [2.05, 4.69) is 15.6 Å². The number of ether oxygens (including phenoxy) is 1. The molecule has 44 heavy (non-hydrogen) atoms. The van der Waals surface area contributed by atoms with Crippen LogP contribution in [-0.2, 0) is 27.0 Å². The lowest BCUT2D eigenvalue weighted by molar-refractivity contribution is -0.148. The molecule has 1 aromatic heterocycles. The van der Waals surface area contributed by atoms with Crippen LogP contribution in [-0.4, -0.2) is 54.2 Å². The summed E-state index contributed by atoms with van der Waals surface area (Å²) in [4.78, 5) is 31.9. The number of hydrogen-bond donors (Lipinski definition) is 2. The summed E-state index contributed by atoms with van der Waals surface area (Å²) in [6.45, 7) is 5.08. The summed E-state index contributed by atoms with van der Waals surface area (Å²) >= 11 is 0. The van der Waals surface area contributed by atoms with Crippen molar-refractivity contribution in [1.29, 1.82) is 0 Å². The largest absolute Gasteiger partial charge is 0.466 e. The van der Waals surface area contributed by atoms with Crippen molar-refractivity contribution in [3.63, 3.8) is 0 Å². The molecule has 0 spiro atoms. The highest BCUT2D eigenvalue weighted by Gasteiger charge is 2.47. The van der Waals surface area contributed by atoms with Crippen LogP contribution < -0.4 is 15.5 Å². The highest BCUT2D eigenvalue weighted by molar-refractivity contribution is 5.95. The number of imidazole rings is 1. The number of carbonyl (C=O) groups is 2. The van der Waals surface area contributed by atoms with E-state index in [4.69, 9.17) is 4.74 Å². The zero-order valence-corrected chi connectivity index (χ0v) is 24.4. The Kier molecular flexibility index (Phi) is 8.96. The number of alkyl halides is 3. The minimum Gasteiger partial charge on any atom is -0.466 e. The number of halogens is 5. The first-order valence-electron chi connectivity index (χ1n) is 14.5. The number of amides is 1. The first kappa shape index (κ1) is 31.4. The van der Waals surface area contributed by atoms with Gasteiger partial charge in [-0.1, -0.05) is 12.1 Å². The summed E-state index contributed by atoms with van der Waals surface area (Å²) in [7, 11) is 0. The molecule has 2 fully saturated rings. The topological polar surface area (TPSA) is 88.5 Å². The third-order valence-electron chi connectivity index (χ3n) is 8.62. The van der Waals surface area contributed by atoms with E-state index < -0.39 is 40.6 Å². The zero-order chi connectivity index (χ0) is 31.6. The van der Waals surface area contributed by atoms with Crippen LogP contribution in [0.25, 0.3) is 0 Å². The summed E-state index contributed by atoms with van der Waals surface area (Å²) < 4.78 is 76.0. The van der Waals surface area contributed by atoms with Crippen molar-refractivity contribution in [1.82, 2.24) is 14.9 Å². The molecule has 2 N–H and O–H groups in total. The molecule has 2 saturated heterocycles. The Labute approximate surface area is 251 Å². The Hall–Kier alpha value is -4.00. The number of rotatable bonds is 8. The van der Waals surface area contributed by atoms with Crippen molar-refractivity contribution in [2.24, 2.45) is 11.3 Å². The standard InChI is InChI=1S/C31H34F5N5O3/c1-3-44-27(42)19-8-11-40(12-9-19)26-14-21(31(34,35)36)5-4-20(26)17-41-13-10-38-29(41)39-28(43)30(2)18-37-16-24(30)23-7-6-22(32)15-25(23)33/h4-7,10,13-15,19,24,37H,3,8-9,11-12,16-18H2,1-2H3,(H,38,39,43). The Bertz CT molecular complexity index is 1520. The lowest BCUT2D eigenvalue weighted by Crippen LogP contribution is -2.40. The lowest BCUT2D eigenvalue weighted by atomic mass is 9.75. The van der Waals surface area contributed by atoms with Gasteiger partial charge in [-0.25, -0.2) is 13.8 Å². The number of nitrogens with one attached hydrogen (secondary N) is 2. The molecule has 0 saturated carbocycles. The summed E-state index contributed by atoms with van der Waals surface area (Å²) in [5.41, 5.74) is -0.715. The molecule has 1 amide bonds. The van der Waals surface area contributed by atoms with Gasteiger partial charge in [0.25, 0.3) is 0 Å². The second kappa shape index (κ2) is 12.5. The van der Waals surface area contributed by atoms with Gasteiger partial charge in [-0.3, -0.25) is 14.9 Å². The average molecular weight is 620 g/mol. The van der Waals surface area contributed by atoms with E-state index >= 15 is 0 Å². The van der Waals surface area contributed by atoms with Crippen molar-refractivity contribution in [2.75, 3.05) is 43.0 Å². The maximum Gasteiger partial charge on any atom is 0.416 e. The summed E-state index contributed by atoms with van der Waals surface area (Å²) in [6, 6.07) is 6.84. The van der Waals surface area contributed by atoms with Crippen molar-refractivity contribution >= 4 is 23.5 Å². The van der Waals surface area contributed by atoms with Gasteiger partial charge in [0.1, 0.15) is 11.6 Å². The van der Waals surface area contributed by atoms with Gasteiger partial charge in [-0.05, 0) is 56.0 Å². The van der Waals surface area contributed by atoms with Crippen LogP contribution in [0, 0.1) is 23.0 Å². The number of anilines is 2. The van der Waals surface area contributed by atoms with Crippen LogP contribution in [0.5, 0.6) is 0 Å². The first-order valence-corrected chi connectivity index (χ1v) is 14.5. The minimum atomic E-state index is -4.55. The fourth-order valence-corrected chi connectivity index (χ4v) is 6.07. The SMILES string of the molecule is CCOC(=O)C1CCN(c2cc(C(F)(F)F)ccc2Cn2ccnc2NC(=O)C2(C)CNCC2c2ccc(F)cc2F)CC1. The lowest BCUT2D eigenvalue weighted by Gasteiger charge is -2.34.